The summed E-state index contributed by atoms with van der Waals surface area (Å²) in [4.78, 5) is 31.9. The van der Waals surface area contributed by atoms with Gasteiger partial charge in [0.05, 0.1) is 55.6 Å². The molecule has 1 fully saturated rings. The summed E-state index contributed by atoms with van der Waals surface area (Å²) in [6, 6.07) is 11.3. The summed E-state index contributed by atoms with van der Waals surface area (Å²) in [5, 5.41) is 15.0. The van der Waals surface area contributed by atoms with Gasteiger partial charge in [-0.2, -0.15) is 0 Å². The molecule has 1 saturated heterocycles. The molecule has 2 amide bonds. The number of morpholine rings is 1. The van der Waals surface area contributed by atoms with Crippen molar-refractivity contribution in [1.29, 1.82) is 0 Å². The summed E-state index contributed by atoms with van der Waals surface area (Å²) < 4.78 is 18.7. The van der Waals surface area contributed by atoms with Gasteiger partial charge in [-0.05, 0) is 18.2 Å². The van der Waals surface area contributed by atoms with Crippen LogP contribution in [-0.4, -0.2) is 84.5 Å². The predicted molar refractivity (Wildman–Crippen MR) is 147 cm³/mol. The molecule has 0 aliphatic carbocycles. The van der Waals surface area contributed by atoms with Crippen LogP contribution in [0.5, 0.6) is 11.5 Å². The van der Waals surface area contributed by atoms with E-state index >= 15 is 0 Å². The van der Waals surface area contributed by atoms with E-state index in [1.54, 1.807) is 26.5 Å². The molecule has 1 atom stereocenters. The number of aliphatic hydroxyl groups excluding tert-OH is 1. The van der Waals surface area contributed by atoms with Crippen molar-refractivity contribution in [3.8, 4) is 11.5 Å². The third-order valence-electron chi connectivity index (χ3n) is 7.43. The van der Waals surface area contributed by atoms with Crippen molar-refractivity contribution in [2.45, 2.75) is 12.6 Å². The van der Waals surface area contributed by atoms with Crippen LogP contribution in [0.4, 0.5) is 0 Å². The second-order valence-electron chi connectivity index (χ2n) is 9.74. The van der Waals surface area contributed by atoms with Crippen LogP contribution in [0, 0.1) is 0 Å². The zero-order valence-electron chi connectivity index (χ0n) is 21.8. The molecule has 6 rings (SSSR count). The van der Waals surface area contributed by atoms with Gasteiger partial charge in [0.25, 0.3) is 11.8 Å². The van der Waals surface area contributed by atoms with Crippen LogP contribution in [-0.2, 0) is 20.9 Å². The Labute approximate surface area is 224 Å². The number of fused-ring (bicyclic) bond motifs is 2. The summed E-state index contributed by atoms with van der Waals surface area (Å²) in [5.41, 5.74) is 3.32. The lowest BCUT2D eigenvalue weighted by molar-refractivity contribution is -0.122. The van der Waals surface area contributed by atoms with E-state index in [1.165, 1.54) is 0 Å². The maximum Gasteiger partial charge on any atom is 0.259 e. The van der Waals surface area contributed by atoms with E-state index in [-0.39, 0.29) is 17.7 Å². The molecule has 202 valence electrons. The lowest BCUT2D eigenvalue weighted by Crippen LogP contribution is -2.41. The Morgan fingerprint density at radius 2 is 1.72 bits per heavy atom. The van der Waals surface area contributed by atoms with Crippen LogP contribution < -0.4 is 14.8 Å². The molecule has 3 N–H and O–H groups in total. The Morgan fingerprint density at radius 3 is 2.46 bits per heavy atom. The Kier molecular flexibility index (Phi) is 6.59. The second kappa shape index (κ2) is 10.2. The Morgan fingerprint density at radius 1 is 0.974 bits per heavy atom. The number of hydrogen-bond acceptors (Lipinski definition) is 7. The summed E-state index contributed by atoms with van der Waals surface area (Å²) in [6.45, 7) is 3.61. The molecule has 10 heteroatoms. The fourth-order valence-corrected chi connectivity index (χ4v) is 5.66. The van der Waals surface area contributed by atoms with E-state index in [1.807, 2.05) is 41.1 Å². The number of carbonyl (C=O) groups is 2. The number of para-hydroxylation sites is 1. The first-order valence-corrected chi connectivity index (χ1v) is 12.9. The van der Waals surface area contributed by atoms with Gasteiger partial charge >= 0.3 is 0 Å². The first-order valence-electron chi connectivity index (χ1n) is 12.9. The van der Waals surface area contributed by atoms with Crippen LogP contribution in [0.2, 0.25) is 0 Å². The fraction of sp³-hybridized carbons (Fsp3) is 0.310. The fourth-order valence-electron chi connectivity index (χ4n) is 5.66. The highest BCUT2D eigenvalue weighted by molar-refractivity contribution is 6.51. The molecule has 2 aliphatic heterocycles. The van der Waals surface area contributed by atoms with Crippen LogP contribution in [0.25, 0.3) is 33.0 Å². The van der Waals surface area contributed by atoms with Crippen LogP contribution in [0.3, 0.4) is 0 Å². The number of nitrogens with one attached hydrogen (secondary N) is 2. The average Bonchev–Trinajstić information content (AvgIpc) is 3.61. The van der Waals surface area contributed by atoms with Crippen molar-refractivity contribution >= 4 is 44.8 Å². The van der Waals surface area contributed by atoms with Crippen molar-refractivity contribution < 1.29 is 28.9 Å². The molecule has 2 aliphatic rings. The molecule has 2 aromatic carbocycles. The number of carbonyl (C=O) groups excluding carboxylic acids is 2. The number of β-amino-alcohol motifs (C(OH)–C–C–N with tert-alkyl or cyclic N) is 1. The van der Waals surface area contributed by atoms with Gasteiger partial charge < -0.3 is 28.9 Å². The van der Waals surface area contributed by atoms with E-state index in [9.17, 15) is 14.7 Å². The summed E-state index contributed by atoms with van der Waals surface area (Å²) in [7, 11) is 3.09. The summed E-state index contributed by atoms with van der Waals surface area (Å²) in [5.74, 6) is -0.00544. The molecule has 39 heavy (non-hydrogen) atoms. The SMILES string of the molecule is COc1ccc2c(c(C3=C(c4c[nH]c5ccccc45)C(=O)NC3=O)cn2CC(O)CN2CCOCC2)c1OC. The summed E-state index contributed by atoms with van der Waals surface area (Å²) in [6.07, 6.45) is 2.90. The Bertz CT molecular complexity index is 1610. The number of rotatable bonds is 8. The van der Waals surface area contributed by atoms with Crippen molar-refractivity contribution in [2.75, 3.05) is 47.1 Å². The highest BCUT2D eigenvalue weighted by atomic mass is 16.5. The molecular weight excluding hydrogens is 500 g/mol. The van der Waals surface area contributed by atoms with Crippen LogP contribution in [0.1, 0.15) is 11.1 Å². The van der Waals surface area contributed by atoms with Gasteiger partial charge in [-0.1, -0.05) is 18.2 Å². The Hall–Kier alpha value is -4.12. The smallest absolute Gasteiger partial charge is 0.259 e. The number of nitrogens with zero attached hydrogens (tertiary/aromatic N) is 2. The number of H-pyrrole nitrogens is 1. The highest BCUT2D eigenvalue weighted by Crippen LogP contribution is 2.44. The number of amides is 2. The van der Waals surface area contributed by atoms with E-state index in [4.69, 9.17) is 14.2 Å². The minimum atomic E-state index is -0.666. The number of imide groups is 1. The van der Waals surface area contributed by atoms with E-state index < -0.39 is 17.9 Å². The molecule has 0 spiro atoms. The zero-order valence-corrected chi connectivity index (χ0v) is 21.8. The van der Waals surface area contributed by atoms with E-state index in [0.29, 0.717) is 47.8 Å². The molecule has 0 radical (unpaired) electrons. The number of aromatic nitrogens is 2. The minimum absolute atomic E-state index is 0.253. The van der Waals surface area contributed by atoms with Crippen LogP contribution in [0.15, 0.2) is 48.8 Å². The Balaban J connectivity index is 1.53. The number of ether oxygens (including phenoxy) is 3. The molecule has 0 bridgehead atoms. The minimum Gasteiger partial charge on any atom is -0.493 e. The van der Waals surface area contributed by atoms with Crippen molar-refractivity contribution in [3.05, 3.63) is 59.9 Å². The lowest BCUT2D eigenvalue weighted by atomic mass is 9.95. The van der Waals surface area contributed by atoms with Crippen molar-refractivity contribution in [3.63, 3.8) is 0 Å². The second-order valence-corrected chi connectivity index (χ2v) is 9.74. The van der Waals surface area contributed by atoms with Crippen molar-refractivity contribution in [2.24, 2.45) is 0 Å². The van der Waals surface area contributed by atoms with Gasteiger partial charge in [0.1, 0.15) is 0 Å². The van der Waals surface area contributed by atoms with Gasteiger partial charge in [-0.15, -0.1) is 0 Å². The quantitative estimate of drug-likeness (QED) is 0.300. The first-order chi connectivity index (χ1) is 19.0. The number of aliphatic hydroxyl groups is 1. The maximum atomic E-state index is 13.4. The molecule has 1 unspecified atom stereocenters. The zero-order chi connectivity index (χ0) is 27.1. The number of methoxy groups -OCH3 is 2. The summed E-state index contributed by atoms with van der Waals surface area (Å²) >= 11 is 0. The van der Waals surface area contributed by atoms with Crippen LogP contribution >= 0.6 is 0 Å². The van der Waals surface area contributed by atoms with Gasteiger partial charge in [0.2, 0.25) is 0 Å². The number of hydrogen-bond donors (Lipinski definition) is 3. The van der Waals surface area contributed by atoms with Gasteiger partial charge in [0.15, 0.2) is 11.5 Å². The van der Waals surface area contributed by atoms with E-state index in [0.717, 1.165) is 29.5 Å². The molecular formula is C29H30N4O6. The van der Waals surface area contributed by atoms with Gasteiger partial charge in [0, 0.05) is 60.6 Å². The number of aromatic amines is 1. The largest absolute Gasteiger partial charge is 0.493 e. The average molecular weight is 531 g/mol. The van der Waals surface area contributed by atoms with Gasteiger partial charge in [-0.3, -0.25) is 19.8 Å². The molecule has 0 saturated carbocycles. The highest BCUT2D eigenvalue weighted by Gasteiger charge is 2.36. The topological polar surface area (TPSA) is 118 Å². The molecule has 4 heterocycles. The molecule has 10 nitrogen and oxygen atoms in total. The van der Waals surface area contributed by atoms with Gasteiger partial charge in [-0.25, -0.2) is 0 Å². The standard InChI is InChI=1S/C29H30N4O6/c1-37-23-8-7-22-24(27(23)38-2)20(16-33(22)15-17(34)14-32-9-11-39-12-10-32)26-25(28(35)31-29(26)36)19-13-30-21-6-4-3-5-18(19)21/h3-8,13,16-17,30,34H,9-12,14-15H2,1-2H3,(H,31,35,36). The third kappa shape index (κ3) is 4.36. The monoisotopic (exact) mass is 530 g/mol. The molecule has 4 aromatic rings. The predicted octanol–water partition coefficient (Wildman–Crippen LogP) is 2.40. The van der Waals surface area contributed by atoms with Crippen molar-refractivity contribution in [1.82, 2.24) is 19.8 Å². The maximum absolute atomic E-state index is 13.4. The van der Waals surface area contributed by atoms with E-state index in [2.05, 4.69) is 15.2 Å². The first kappa shape index (κ1) is 25.2. The number of benzene rings is 2. The normalized spacial score (nSPS) is 17.3. The lowest BCUT2D eigenvalue weighted by Gasteiger charge is -2.28. The molecule has 2 aromatic heterocycles. The third-order valence-corrected chi connectivity index (χ3v) is 7.43.